The molecule has 1 saturated heterocycles. The Balaban J connectivity index is 1.70. The summed E-state index contributed by atoms with van der Waals surface area (Å²) in [5.41, 5.74) is 6.10. The van der Waals surface area contributed by atoms with Crippen molar-refractivity contribution in [2.75, 3.05) is 19.0 Å². The first-order valence-corrected chi connectivity index (χ1v) is 5.80. The molecule has 0 amide bonds. The van der Waals surface area contributed by atoms with E-state index >= 15 is 0 Å². The standard InChI is InChI=1S/C11H16N4O2/c1-16-7-2-4-13-11(14-7)15-9-8(12)6-3-5-17-10(6)9/h2,4,6,8-10H,3,5,12H2,1H3,(H,13,14,15). The van der Waals surface area contributed by atoms with Crippen LogP contribution in [0.4, 0.5) is 5.95 Å². The summed E-state index contributed by atoms with van der Waals surface area (Å²) in [6, 6.07) is 1.94. The summed E-state index contributed by atoms with van der Waals surface area (Å²) in [4.78, 5) is 8.35. The fourth-order valence-electron chi connectivity index (χ4n) is 2.60. The van der Waals surface area contributed by atoms with Crippen LogP contribution in [-0.4, -0.2) is 41.9 Å². The number of hydrogen-bond donors (Lipinski definition) is 2. The van der Waals surface area contributed by atoms with Gasteiger partial charge in [0.1, 0.15) is 0 Å². The molecule has 1 aliphatic heterocycles. The molecule has 0 bridgehead atoms. The van der Waals surface area contributed by atoms with Gasteiger partial charge in [0.05, 0.1) is 19.3 Å². The monoisotopic (exact) mass is 236 g/mol. The summed E-state index contributed by atoms with van der Waals surface area (Å²) in [5.74, 6) is 1.57. The van der Waals surface area contributed by atoms with Gasteiger partial charge in [0.25, 0.3) is 0 Å². The molecule has 3 rings (SSSR count). The van der Waals surface area contributed by atoms with E-state index in [9.17, 15) is 0 Å². The van der Waals surface area contributed by atoms with Gasteiger partial charge in [-0.15, -0.1) is 0 Å². The van der Waals surface area contributed by atoms with Gasteiger partial charge in [-0.1, -0.05) is 0 Å². The van der Waals surface area contributed by atoms with E-state index < -0.39 is 0 Å². The van der Waals surface area contributed by atoms with Crippen molar-refractivity contribution < 1.29 is 9.47 Å². The minimum atomic E-state index is 0.106. The molecule has 4 unspecified atom stereocenters. The lowest BCUT2D eigenvalue weighted by molar-refractivity contribution is 0.00507. The van der Waals surface area contributed by atoms with E-state index in [-0.39, 0.29) is 18.2 Å². The molecule has 0 spiro atoms. The smallest absolute Gasteiger partial charge is 0.226 e. The largest absolute Gasteiger partial charge is 0.481 e. The number of hydrogen-bond acceptors (Lipinski definition) is 6. The summed E-state index contributed by atoms with van der Waals surface area (Å²) in [5, 5.41) is 3.22. The Morgan fingerprint density at radius 3 is 3.29 bits per heavy atom. The maximum absolute atomic E-state index is 6.10. The zero-order valence-electron chi connectivity index (χ0n) is 9.67. The Bertz CT molecular complexity index is 414. The molecule has 17 heavy (non-hydrogen) atoms. The highest BCUT2D eigenvalue weighted by Crippen LogP contribution is 2.38. The van der Waals surface area contributed by atoms with Crippen LogP contribution in [-0.2, 0) is 4.74 Å². The second kappa shape index (κ2) is 4.12. The van der Waals surface area contributed by atoms with E-state index in [0.29, 0.717) is 17.7 Å². The van der Waals surface area contributed by atoms with Crippen molar-refractivity contribution in [2.45, 2.75) is 24.6 Å². The molecule has 1 saturated carbocycles. The van der Waals surface area contributed by atoms with Crippen molar-refractivity contribution in [3.05, 3.63) is 12.3 Å². The van der Waals surface area contributed by atoms with Gasteiger partial charge in [-0.25, -0.2) is 4.98 Å². The summed E-state index contributed by atoms with van der Waals surface area (Å²) < 4.78 is 10.7. The van der Waals surface area contributed by atoms with E-state index in [2.05, 4.69) is 15.3 Å². The molecule has 6 heteroatoms. The average Bonchev–Trinajstić information content (AvgIpc) is 2.81. The van der Waals surface area contributed by atoms with Gasteiger partial charge < -0.3 is 20.5 Å². The first-order chi connectivity index (χ1) is 8.29. The SMILES string of the molecule is COc1ccnc(NC2C(N)C3CCOC32)n1. The molecule has 92 valence electrons. The Morgan fingerprint density at radius 1 is 1.59 bits per heavy atom. The number of nitrogens with one attached hydrogen (secondary N) is 1. The van der Waals surface area contributed by atoms with Crippen molar-refractivity contribution in [1.82, 2.24) is 9.97 Å². The Hall–Kier alpha value is -1.40. The van der Waals surface area contributed by atoms with Crippen molar-refractivity contribution >= 4 is 5.95 Å². The summed E-state index contributed by atoms with van der Waals surface area (Å²) in [6.07, 6.45) is 2.92. The molecule has 2 fully saturated rings. The molecule has 0 radical (unpaired) electrons. The second-order valence-corrected chi connectivity index (χ2v) is 4.46. The fourth-order valence-corrected chi connectivity index (χ4v) is 2.60. The number of rotatable bonds is 3. The van der Waals surface area contributed by atoms with Crippen LogP contribution in [0.15, 0.2) is 12.3 Å². The fraction of sp³-hybridized carbons (Fsp3) is 0.636. The van der Waals surface area contributed by atoms with Crippen molar-refractivity contribution in [2.24, 2.45) is 11.7 Å². The molecule has 4 atom stereocenters. The third kappa shape index (κ3) is 1.73. The van der Waals surface area contributed by atoms with Crippen molar-refractivity contribution in [3.63, 3.8) is 0 Å². The lowest BCUT2D eigenvalue weighted by atomic mass is 9.72. The highest BCUT2D eigenvalue weighted by atomic mass is 16.5. The van der Waals surface area contributed by atoms with E-state index in [1.54, 1.807) is 19.4 Å². The number of fused-ring (bicyclic) bond motifs is 1. The van der Waals surface area contributed by atoms with Crippen LogP contribution >= 0.6 is 0 Å². The first-order valence-electron chi connectivity index (χ1n) is 5.80. The Kier molecular flexibility index (Phi) is 2.60. The quantitative estimate of drug-likeness (QED) is 0.769. The Morgan fingerprint density at radius 2 is 2.47 bits per heavy atom. The lowest BCUT2D eigenvalue weighted by Gasteiger charge is -2.45. The van der Waals surface area contributed by atoms with Gasteiger partial charge >= 0.3 is 0 Å². The molecule has 6 nitrogen and oxygen atoms in total. The molecule has 1 aromatic heterocycles. The van der Waals surface area contributed by atoms with Gasteiger partial charge in [0, 0.05) is 30.8 Å². The average molecular weight is 236 g/mol. The zero-order chi connectivity index (χ0) is 11.8. The summed E-state index contributed by atoms with van der Waals surface area (Å²) in [7, 11) is 1.58. The molecular weight excluding hydrogens is 220 g/mol. The molecular formula is C11H16N4O2. The molecule has 0 aromatic carbocycles. The number of nitrogens with two attached hydrogens (primary N) is 1. The van der Waals surface area contributed by atoms with E-state index in [1.165, 1.54) is 0 Å². The maximum Gasteiger partial charge on any atom is 0.226 e. The minimum Gasteiger partial charge on any atom is -0.481 e. The molecule has 2 aliphatic rings. The molecule has 1 aromatic rings. The van der Waals surface area contributed by atoms with E-state index in [4.69, 9.17) is 15.2 Å². The van der Waals surface area contributed by atoms with Crippen LogP contribution in [0.1, 0.15) is 6.42 Å². The predicted molar refractivity (Wildman–Crippen MR) is 61.8 cm³/mol. The normalized spacial score (nSPS) is 34.9. The van der Waals surface area contributed by atoms with Crippen LogP contribution in [0, 0.1) is 5.92 Å². The van der Waals surface area contributed by atoms with E-state index in [1.807, 2.05) is 0 Å². The number of anilines is 1. The number of methoxy groups -OCH3 is 1. The van der Waals surface area contributed by atoms with Gasteiger partial charge in [-0.2, -0.15) is 4.98 Å². The zero-order valence-corrected chi connectivity index (χ0v) is 9.67. The summed E-state index contributed by atoms with van der Waals surface area (Å²) >= 11 is 0. The molecule has 1 aliphatic carbocycles. The highest BCUT2D eigenvalue weighted by Gasteiger charge is 2.52. The van der Waals surface area contributed by atoms with E-state index in [0.717, 1.165) is 13.0 Å². The van der Waals surface area contributed by atoms with Crippen LogP contribution in [0.5, 0.6) is 5.88 Å². The molecule has 3 N–H and O–H groups in total. The van der Waals surface area contributed by atoms with Crippen LogP contribution < -0.4 is 15.8 Å². The topological polar surface area (TPSA) is 82.3 Å². The first kappa shape index (κ1) is 10.7. The third-order valence-corrected chi connectivity index (χ3v) is 3.58. The summed E-state index contributed by atoms with van der Waals surface area (Å²) in [6.45, 7) is 0.806. The van der Waals surface area contributed by atoms with Crippen LogP contribution in [0.2, 0.25) is 0 Å². The van der Waals surface area contributed by atoms with Crippen molar-refractivity contribution in [3.8, 4) is 5.88 Å². The lowest BCUT2D eigenvalue weighted by Crippen LogP contribution is -2.65. The Labute approximate surface area is 99.5 Å². The van der Waals surface area contributed by atoms with Gasteiger partial charge in [0.15, 0.2) is 0 Å². The highest BCUT2D eigenvalue weighted by molar-refractivity contribution is 5.33. The number of aromatic nitrogens is 2. The van der Waals surface area contributed by atoms with Gasteiger partial charge in [-0.05, 0) is 6.42 Å². The predicted octanol–water partition coefficient (Wildman–Crippen LogP) is 0.0117. The maximum atomic E-state index is 6.10. The number of ether oxygens (including phenoxy) is 2. The van der Waals surface area contributed by atoms with Crippen LogP contribution in [0.25, 0.3) is 0 Å². The third-order valence-electron chi connectivity index (χ3n) is 3.58. The second-order valence-electron chi connectivity index (χ2n) is 4.46. The van der Waals surface area contributed by atoms with Gasteiger partial charge in [0.2, 0.25) is 11.8 Å². The van der Waals surface area contributed by atoms with Crippen molar-refractivity contribution in [1.29, 1.82) is 0 Å². The van der Waals surface area contributed by atoms with Gasteiger partial charge in [-0.3, -0.25) is 0 Å². The minimum absolute atomic E-state index is 0.106. The van der Waals surface area contributed by atoms with Crippen LogP contribution in [0.3, 0.4) is 0 Å². The molecule has 2 heterocycles. The number of nitrogens with zero attached hydrogens (tertiary/aromatic N) is 2.